The lowest BCUT2D eigenvalue weighted by molar-refractivity contribution is 0.0998. The van der Waals surface area contributed by atoms with Gasteiger partial charge in [-0.05, 0) is 62.7 Å². The first-order valence-electron chi connectivity index (χ1n) is 7.73. The predicted octanol–water partition coefficient (Wildman–Crippen LogP) is 4.84. The number of fused-ring (bicyclic) bond motifs is 1. The van der Waals surface area contributed by atoms with Crippen molar-refractivity contribution in [1.29, 1.82) is 0 Å². The quantitative estimate of drug-likeness (QED) is 0.746. The van der Waals surface area contributed by atoms with Gasteiger partial charge in [-0.2, -0.15) is 0 Å². The van der Waals surface area contributed by atoms with Crippen molar-refractivity contribution in [3.63, 3.8) is 0 Å². The van der Waals surface area contributed by atoms with Gasteiger partial charge in [0, 0.05) is 16.6 Å². The second kappa shape index (κ2) is 6.35. The van der Waals surface area contributed by atoms with Crippen molar-refractivity contribution in [1.82, 2.24) is 0 Å². The van der Waals surface area contributed by atoms with E-state index in [1.54, 1.807) is 19.1 Å². The van der Waals surface area contributed by atoms with E-state index in [0.29, 0.717) is 23.4 Å². The standard InChI is InChI=1S/C19H18FNO3/c1-4-23-14-6-8-17-15(10-14)12(3)18(24-17)19(22)21-16-7-5-13(20)9-11(16)2/h5-10H,4H2,1-3H3,(H,21,22). The third-order valence-corrected chi connectivity index (χ3v) is 3.86. The lowest BCUT2D eigenvalue weighted by Gasteiger charge is -2.07. The van der Waals surface area contributed by atoms with Gasteiger partial charge >= 0.3 is 0 Å². The van der Waals surface area contributed by atoms with Crippen LogP contribution in [0.1, 0.15) is 28.6 Å². The molecule has 24 heavy (non-hydrogen) atoms. The summed E-state index contributed by atoms with van der Waals surface area (Å²) in [5, 5.41) is 3.60. The Morgan fingerprint density at radius 2 is 2.00 bits per heavy atom. The average molecular weight is 327 g/mol. The van der Waals surface area contributed by atoms with E-state index in [4.69, 9.17) is 9.15 Å². The van der Waals surface area contributed by atoms with Crippen molar-refractivity contribution in [2.75, 3.05) is 11.9 Å². The second-order valence-electron chi connectivity index (χ2n) is 5.56. The van der Waals surface area contributed by atoms with Crippen LogP contribution in [0.15, 0.2) is 40.8 Å². The molecule has 0 aliphatic heterocycles. The average Bonchev–Trinajstić information content (AvgIpc) is 2.87. The summed E-state index contributed by atoms with van der Waals surface area (Å²) in [6, 6.07) is 9.66. The van der Waals surface area contributed by atoms with Gasteiger partial charge in [-0.3, -0.25) is 4.79 Å². The molecule has 0 unspecified atom stereocenters. The number of carbonyl (C=O) groups is 1. The smallest absolute Gasteiger partial charge is 0.291 e. The first kappa shape index (κ1) is 16.1. The monoisotopic (exact) mass is 327 g/mol. The molecular weight excluding hydrogens is 309 g/mol. The molecule has 124 valence electrons. The van der Waals surface area contributed by atoms with Gasteiger partial charge in [-0.1, -0.05) is 0 Å². The fraction of sp³-hybridized carbons (Fsp3) is 0.211. The summed E-state index contributed by atoms with van der Waals surface area (Å²) in [6.07, 6.45) is 0. The van der Waals surface area contributed by atoms with E-state index < -0.39 is 0 Å². The number of hydrogen-bond donors (Lipinski definition) is 1. The number of amides is 1. The van der Waals surface area contributed by atoms with Crippen molar-refractivity contribution in [2.24, 2.45) is 0 Å². The molecule has 0 aliphatic rings. The van der Waals surface area contributed by atoms with E-state index in [-0.39, 0.29) is 17.5 Å². The number of aryl methyl sites for hydroxylation is 2. The maximum atomic E-state index is 13.2. The van der Waals surface area contributed by atoms with Gasteiger partial charge in [-0.15, -0.1) is 0 Å². The topological polar surface area (TPSA) is 51.5 Å². The largest absolute Gasteiger partial charge is 0.494 e. The predicted molar refractivity (Wildman–Crippen MR) is 91.2 cm³/mol. The number of furan rings is 1. The lowest BCUT2D eigenvalue weighted by atomic mass is 10.1. The SMILES string of the molecule is CCOc1ccc2oc(C(=O)Nc3ccc(F)cc3C)c(C)c2c1. The molecule has 0 saturated heterocycles. The molecule has 4 nitrogen and oxygen atoms in total. The number of benzene rings is 2. The highest BCUT2D eigenvalue weighted by Crippen LogP contribution is 2.29. The van der Waals surface area contributed by atoms with Crippen LogP contribution in [0.4, 0.5) is 10.1 Å². The van der Waals surface area contributed by atoms with Crippen LogP contribution in [0.25, 0.3) is 11.0 Å². The van der Waals surface area contributed by atoms with Gasteiger partial charge in [0.05, 0.1) is 6.61 Å². The zero-order chi connectivity index (χ0) is 17.3. The minimum atomic E-state index is -0.364. The van der Waals surface area contributed by atoms with Crippen molar-refractivity contribution >= 4 is 22.6 Å². The summed E-state index contributed by atoms with van der Waals surface area (Å²) >= 11 is 0. The molecule has 1 aromatic heterocycles. The molecule has 3 aromatic rings. The van der Waals surface area contributed by atoms with E-state index in [1.807, 2.05) is 19.9 Å². The molecular formula is C19H18FNO3. The van der Waals surface area contributed by atoms with Crippen molar-refractivity contribution in [3.05, 3.63) is 59.1 Å². The third-order valence-electron chi connectivity index (χ3n) is 3.86. The molecule has 0 fully saturated rings. The number of rotatable bonds is 4. The van der Waals surface area contributed by atoms with Crippen LogP contribution in [0.2, 0.25) is 0 Å². The minimum absolute atomic E-state index is 0.238. The molecule has 5 heteroatoms. The molecule has 0 aliphatic carbocycles. The Morgan fingerprint density at radius 3 is 2.71 bits per heavy atom. The van der Waals surface area contributed by atoms with Gasteiger partial charge in [0.15, 0.2) is 5.76 Å². The Balaban J connectivity index is 1.93. The van der Waals surface area contributed by atoms with E-state index in [2.05, 4.69) is 5.32 Å². The summed E-state index contributed by atoms with van der Waals surface area (Å²) in [5.74, 6) is 0.267. The Morgan fingerprint density at radius 1 is 1.21 bits per heavy atom. The van der Waals surface area contributed by atoms with Gasteiger partial charge in [-0.25, -0.2) is 4.39 Å². The number of hydrogen-bond acceptors (Lipinski definition) is 3. The molecule has 1 heterocycles. The van der Waals surface area contributed by atoms with Crippen LogP contribution in [-0.4, -0.2) is 12.5 Å². The summed E-state index contributed by atoms with van der Waals surface area (Å²) < 4.78 is 24.3. The Bertz CT molecular complexity index is 914. The third kappa shape index (κ3) is 2.97. The molecule has 3 rings (SSSR count). The fourth-order valence-corrected chi connectivity index (χ4v) is 2.62. The maximum absolute atomic E-state index is 13.2. The zero-order valence-electron chi connectivity index (χ0n) is 13.8. The maximum Gasteiger partial charge on any atom is 0.291 e. The van der Waals surface area contributed by atoms with Crippen LogP contribution in [0, 0.1) is 19.7 Å². The first-order chi connectivity index (χ1) is 11.5. The Hall–Kier alpha value is -2.82. The van der Waals surface area contributed by atoms with Crippen LogP contribution in [-0.2, 0) is 0 Å². The molecule has 0 spiro atoms. The van der Waals surface area contributed by atoms with Gasteiger partial charge in [0.1, 0.15) is 17.1 Å². The van der Waals surface area contributed by atoms with Crippen LogP contribution >= 0.6 is 0 Å². The zero-order valence-corrected chi connectivity index (χ0v) is 13.8. The van der Waals surface area contributed by atoms with Crippen molar-refractivity contribution < 1.29 is 18.3 Å². The minimum Gasteiger partial charge on any atom is -0.494 e. The molecule has 1 N–H and O–H groups in total. The summed E-state index contributed by atoms with van der Waals surface area (Å²) in [4.78, 5) is 12.5. The highest BCUT2D eigenvalue weighted by Gasteiger charge is 2.19. The molecule has 0 bridgehead atoms. The van der Waals surface area contributed by atoms with Crippen LogP contribution in [0.3, 0.4) is 0 Å². The number of halogens is 1. The van der Waals surface area contributed by atoms with E-state index in [1.165, 1.54) is 18.2 Å². The van der Waals surface area contributed by atoms with E-state index >= 15 is 0 Å². The van der Waals surface area contributed by atoms with Crippen LogP contribution in [0.5, 0.6) is 5.75 Å². The number of ether oxygens (including phenoxy) is 1. The normalized spacial score (nSPS) is 10.8. The lowest BCUT2D eigenvalue weighted by Crippen LogP contribution is -2.13. The van der Waals surface area contributed by atoms with Crippen LogP contribution < -0.4 is 10.1 Å². The molecule has 1 amide bonds. The highest BCUT2D eigenvalue weighted by atomic mass is 19.1. The highest BCUT2D eigenvalue weighted by molar-refractivity contribution is 6.06. The van der Waals surface area contributed by atoms with Crippen molar-refractivity contribution in [2.45, 2.75) is 20.8 Å². The Kier molecular flexibility index (Phi) is 4.25. The number of carbonyl (C=O) groups excluding carboxylic acids is 1. The molecule has 2 aromatic carbocycles. The van der Waals surface area contributed by atoms with Gasteiger partial charge in [0.25, 0.3) is 5.91 Å². The number of anilines is 1. The first-order valence-corrected chi connectivity index (χ1v) is 7.73. The molecule has 0 radical (unpaired) electrons. The second-order valence-corrected chi connectivity index (χ2v) is 5.56. The summed E-state index contributed by atoms with van der Waals surface area (Å²) in [7, 11) is 0. The summed E-state index contributed by atoms with van der Waals surface area (Å²) in [6.45, 7) is 6.04. The fourth-order valence-electron chi connectivity index (χ4n) is 2.62. The number of nitrogens with one attached hydrogen (secondary N) is 1. The van der Waals surface area contributed by atoms with Gasteiger partial charge < -0.3 is 14.5 Å². The Labute approximate surface area is 139 Å². The van der Waals surface area contributed by atoms with E-state index in [9.17, 15) is 9.18 Å². The van der Waals surface area contributed by atoms with Crippen molar-refractivity contribution in [3.8, 4) is 5.75 Å². The summed E-state index contributed by atoms with van der Waals surface area (Å²) in [5.41, 5.74) is 2.56. The molecule has 0 atom stereocenters. The van der Waals surface area contributed by atoms with E-state index in [0.717, 1.165) is 16.7 Å². The van der Waals surface area contributed by atoms with Gasteiger partial charge in [0.2, 0.25) is 0 Å². The molecule has 0 saturated carbocycles.